The normalized spacial score (nSPS) is 12.8. The second-order valence-electron chi connectivity index (χ2n) is 4.75. The first kappa shape index (κ1) is 14.0. The van der Waals surface area contributed by atoms with Gasteiger partial charge < -0.3 is 15.8 Å². The van der Waals surface area contributed by atoms with E-state index in [0.717, 1.165) is 25.3 Å². The summed E-state index contributed by atoms with van der Waals surface area (Å²) in [4.78, 5) is 0. The molecule has 0 heterocycles. The lowest BCUT2D eigenvalue weighted by Crippen LogP contribution is -2.23. The fourth-order valence-electron chi connectivity index (χ4n) is 1.52. The van der Waals surface area contributed by atoms with Gasteiger partial charge in [0.15, 0.2) is 0 Å². The van der Waals surface area contributed by atoms with Crippen molar-refractivity contribution in [3.8, 4) is 5.75 Å². The second-order valence-corrected chi connectivity index (χ2v) is 4.75. The van der Waals surface area contributed by atoms with Gasteiger partial charge >= 0.3 is 0 Å². The molecule has 0 amide bonds. The van der Waals surface area contributed by atoms with E-state index in [1.165, 1.54) is 5.56 Å². The molecule has 0 fully saturated rings. The van der Waals surface area contributed by atoms with E-state index in [2.05, 4.69) is 17.4 Å². The predicted molar refractivity (Wildman–Crippen MR) is 72.2 cm³/mol. The average Bonchev–Trinajstić information content (AvgIpc) is 2.25. The molecule has 0 saturated heterocycles. The van der Waals surface area contributed by atoms with E-state index in [0.29, 0.717) is 0 Å². The molecule has 0 aliphatic carbocycles. The van der Waals surface area contributed by atoms with Crippen molar-refractivity contribution in [3.05, 3.63) is 29.8 Å². The Morgan fingerprint density at radius 2 is 1.82 bits per heavy atom. The quantitative estimate of drug-likeness (QED) is 0.714. The Morgan fingerprint density at radius 3 is 2.35 bits per heavy atom. The molecule has 0 aromatic heterocycles. The van der Waals surface area contributed by atoms with Gasteiger partial charge in [0.2, 0.25) is 0 Å². The first-order valence-corrected chi connectivity index (χ1v) is 6.30. The molecule has 0 saturated carbocycles. The van der Waals surface area contributed by atoms with Crippen LogP contribution in [0.4, 0.5) is 0 Å². The molecule has 0 aliphatic rings. The van der Waals surface area contributed by atoms with Crippen LogP contribution in [-0.2, 0) is 6.54 Å². The molecule has 17 heavy (non-hydrogen) atoms. The van der Waals surface area contributed by atoms with E-state index in [-0.39, 0.29) is 12.1 Å². The number of nitrogens with one attached hydrogen (secondary N) is 1. The summed E-state index contributed by atoms with van der Waals surface area (Å²) in [6.45, 7) is 7.93. The number of nitrogens with two attached hydrogens (primary N) is 1. The summed E-state index contributed by atoms with van der Waals surface area (Å²) in [6.07, 6.45) is 1.24. The van der Waals surface area contributed by atoms with Crippen LogP contribution in [0.3, 0.4) is 0 Å². The fourth-order valence-corrected chi connectivity index (χ4v) is 1.52. The lowest BCUT2D eigenvalue weighted by molar-refractivity contribution is 0.242. The van der Waals surface area contributed by atoms with Crippen molar-refractivity contribution >= 4 is 0 Å². The van der Waals surface area contributed by atoms with E-state index in [1.807, 2.05) is 32.9 Å². The average molecular weight is 236 g/mol. The summed E-state index contributed by atoms with van der Waals surface area (Å²) in [5.41, 5.74) is 6.95. The molecule has 1 atom stereocenters. The van der Waals surface area contributed by atoms with Crippen molar-refractivity contribution in [2.75, 3.05) is 6.54 Å². The Kier molecular flexibility index (Phi) is 6.01. The molecule has 0 aliphatic heterocycles. The van der Waals surface area contributed by atoms with E-state index in [4.69, 9.17) is 10.5 Å². The Hall–Kier alpha value is -1.06. The maximum absolute atomic E-state index is 5.68. The molecular weight excluding hydrogens is 212 g/mol. The van der Waals surface area contributed by atoms with Gasteiger partial charge in [-0.2, -0.15) is 0 Å². The highest BCUT2D eigenvalue weighted by atomic mass is 16.5. The largest absolute Gasteiger partial charge is 0.491 e. The lowest BCUT2D eigenvalue weighted by atomic mass is 10.2. The van der Waals surface area contributed by atoms with E-state index in [1.54, 1.807) is 0 Å². The Labute approximate surface area is 104 Å². The van der Waals surface area contributed by atoms with Crippen molar-refractivity contribution < 1.29 is 4.74 Å². The summed E-state index contributed by atoms with van der Waals surface area (Å²) >= 11 is 0. The highest BCUT2D eigenvalue weighted by Crippen LogP contribution is 2.13. The Morgan fingerprint density at radius 1 is 1.18 bits per heavy atom. The van der Waals surface area contributed by atoms with Crippen LogP contribution < -0.4 is 15.8 Å². The van der Waals surface area contributed by atoms with Gasteiger partial charge in [0.05, 0.1) is 6.10 Å². The summed E-state index contributed by atoms with van der Waals surface area (Å²) in [5, 5.41) is 3.37. The summed E-state index contributed by atoms with van der Waals surface area (Å²) < 4.78 is 5.59. The first-order chi connectivity index (χ1) is 8.08. The highest BCUT2D eigenvalue weighted by Gasteiger charge is 1.98. The van der Waals surface area contributed by atoms with Crippen LogP contribution in [0.25, 0.3) is 0 Å². The minimum atomic E-state index is 0.227. The summed E-state index contributed by atoms with van der Waals surface area (Å²) in [7, 11) is 0. The molecule has 0 radical (unpaired) electrons. The van der Waals surface area contributed by atoms with Gasteiger partial charge in [0.25, 0.3) is 0 Å². The summed E-state index contributed by atoms with van der Waals surface area (Å²) in [6, 6.07) is 8.49. The van der Waals surface area contributed by atoms with Gasteiger partial charge in [0, 0.05) is 12.6 Å². The standard InChI is InChI=1S/C14H24N2O/c1-11(2)17-14-6-4-13(5-7-14)10-16-9-8-12(3)15/h4-7,11-12,16H,8-10,15H2,1-3H3. The molecule has 96 valence electrons. The minimum Gasteiger partial charge on any atom is -0.491 e. The van der Waals surface area contributed by atoms with Crippen molar-refractivity contribution in [1.29, 1.82) is 0 Å². The third kappa shape index (κ3) is 6.29. The van der Waals surface area contributed by atoms with Gasteiger partial charge in [-0.25, -0.2) is 0 Å². The SMILES string of the molecule is CC(N)CCNCc1ccc(OC(C)C)cc1. The zero-order valence-corrected chi connectivity index (χ0v) is 11.1. The molecule has 1 aromatic carbocycles. The topological polar surface area (TPSA) is 47.3 Å². The third-order valence-electron chi connectivity index (χ3n) is 2.40. The third-order valence-corrected chi connectivity index (χ3v) is 2.40. The number of benzene rings is 1. The number of hydrogen-bond donors (Lipinski definition) is 2. The molecule has 1 aromatic rings. The monoisotopic (exact) mass is 236 g/mol. The van der Waals surface area contributed by atoms with Gasteiger partial charge in [0.1, 0.15) is 5.75 Å². The number of rotatable bonds is 7. The molecule has 0 bridgehead atoms. The van der Waals surface area contributed by atoms with Crippen LogP contribution >= 0.6 is 0 Å². The van der Waals surface area contributed by atoms with Crippen molar-refractivity contribution in [3.63, 3.8) is 0 Å². The molecule has 1 rings (SSSR count). The van der Waals surface area contributed by atoms with E-state index >= 15 is 0 Å². The number of ether oxygens (including phenoxy) is 1. The zero-order valence-electron chi connectivity index (χ0n) is 11.1. The number of hydrogen-bond acceptors (Lipinski definition) is 3. The molecule has 3 N–H and O–H groups in total. The van der Waals surface area contributed by atoms with E-state index in [9.17, 15) is 0 Å². The Bertz CT molecular complexity index is 307. The van der Waals surface area contributed by atoms with Crippen LogP contribution in [0.15, 0.2) is 24.3 Å². The zero-order chi connectivity index (χ0) is 12.7. The molecule has 1 unspecified atom stereocenters. The predicted octanol–water partition coefficient (Wildman–Crippen LogP) is 2.30. The van der Waals surface area contributed by atoms with Crippen LogP contribution in [0, 0.1) is 0 Å². The highest BCUT2D eigenvalue weighted by molar-refractivity contribution is 5.27. The fraction of sp³-hybridized carbons (Fsp3) is 0.571. The van der Waals surface area contributed by atoms with Crippen LogP contribution in [0.2, 0.25) is 0 Å². The maximum atomic E-state index is 5.68. The molecule has 3 heteroatoms. The van der Waals surface area contributed by atoms with Crippen molar-refractivity contribution in [2.24, 2.45) is 5.73 Å². The Balaban J connectivity index is 2.30. The lowest BCUT2D eigenvalue weighted by Gasteiger charge is -2.10. The minimum absolute atomic E-state index is 0.227. The van der Waals surface area contributed by atoms with E-state index < -0.39 is 0 Å². The maximum Gasteiger partial charge on any atom is 0.119 e. The van der Waals surface area contributed by atoms with Gasteiger partial charge in [-0.15, -0.1) is 0 Å². The van der Waals surface area contributed by atoms with Gasteiger partial charge in [-0.1, -0.05) is 12.1 Å². The van der Waals surface area contributed by atoms with Crippen LogP contribution in [-0.4, -0.2) is 18.7 Å². The first-order valence-electron chi connectivity index (χ1n) is 6.30. The molecule has 0 spiro atoms. The van der Waals surface area contributed by atoms with Crippen LogP contribution in [0.1, 0.15) is 32.8 Å². The van der Waals surface area contributed by atoms with Gasteiger partial charge in [-0.05, 0) is 51.4 Å². The smallest absolute Gasteiger partial charge is 0.119 e. The summed E-state index contributed by atoms with van der Waals surface area (Å²) in [5.74, 6) is 0.930. The van der Waals surface area contributed by atoms with Crippen molar-refractivity contribution in [2.45, 2.75) is 45.9 Å². The van der Waals surface area contributed by atoms with Crippen molar-refractivity contribution in [1.82, 2.24) is 5.32 Å². The molecular formula is C14H24N2O. The second kappa shape index (κ2) is 7.30. The molecule has 3 nitrogen and oxygen atoms in total. The van der Waals surface area contributed by atoms with Crippen LogP contribution in [0.5, 0.6) is 5.75 Å². The van der Waals surface area contributed by atoms with Gasteiger partial charge in [-0.3, -0.25) is 0 Å².